The molecule has 208 valence electrons. The van der Waals surface area contributed by atoms with Gasteiger partial charge in [0, 0.05) is 11.3 Å². The van der Waals surface area contributed by atoms with Crippen LogP contribution in [0.3, 0.4) is 0 Å². The van der Waals surface area contributed by atoms with E-state index < -0.39 is 35.2 Å². The minimum atomic E-state index is -4.65. The Balaban J connectivity index is 1.59. The summed E-state index contributed by atoms with van der Waals surface area (Å²) in [6, 6.07) is 24.5. The van der Waals surface area contributed by atoms with E-state index in [-0.39, 0.29) is 16.8 Å². The zero-order valence-corrected chi connectivity index (χ0v) is 22.3. The number of amides is 1. The van der Waals surface area contributed by atoms with Gasteiger partial charge in [-0.05, 0) is 72.5 Å². The van der Waals surface area contributed by atoms with Crippen LogP contribution in [0.25, 0.3) is 5.76 Å². The largest absolute Gasteiger partial charge is 0.507 e. The summed E-state index contributed by atoms with van der Waals surface area (Å²) in [5.41, 5.74) is 1.87. The number of anilines is 1. The second-order valence-electron chi connectivity index (χ2n) is 9.83. The van der Waals surface area contributed by atoms with Crippen molar-refractivity contribution in [1.29, 1.82) is 0 Å². The molecule has 4 aromatic rings. The second kappa shape index (κ2) is 11.0. The Morgan fingerprint density at radius 3 is 2.24 bits per heavy atom. The van der Waals surface area contributed by atoms with E-state index in [0.717, 1.165) is 22.6 Å². The lowest BCUT2D eigenvalue weighted by Gasteiger charge is -2.27. The highest BCUT2D eigenvalue weighted by Gasteiger charge is 2.47. The van der Waals surface area contributed by atoms with Crippen LogP contribution in [0.1, 0.15) is 39.4 Å². The van der Waals surface area contributed by atoms with Crippen LogP contribution in [0.4, 0.5) is 18.9 Å². The van der Waals surface area contributed by atoms with Crippen LogP contribution < -0.4 is 9.64 Å². The van der Waals surface area contributed by atoms with Gasteiger partial charge < -0.3 is 9.84 Å². The molecule has 5 nitrogen and oxygen atoms in total. The van der Waals surface area contributed by atoms with Crippen molar-refractivity contribution in [2.24, 2.45) is 0 Å². The maximum Gasteiger partial charge on any atom is 0.416 e. The molecule has 5 rings (SSSR count). The molecule has 41 heavy (non-hydrogen) atoms. The number of aliphatic hydroxyl groups is 1. The number of rotatable bonds is 6. The molecule has 1 unspecified atom stereocenters. The highest BCUT2D eigenvalue weighted by atomic mass is 19.4. The third-order valence-corrected chi connectivity index (χ3v) is 7.06. The summed E-state index contributed by atoms with van der Waals surface area (Å²) in [7, 11) is 0. The molecule has 1 heterocycles. The summed E-state index contributed by atoms with van der Waals surface area (Å²) in [6.07, 6.45) is -4.65. The van der Waals surface area contributed by atoms with E-state index in [1.54, 1.807) is 56.3 Å². The molecule has 1 aliphatic heterocycles. The van der Waals surface area contributed by atoms with Gasteiger partial charge in [-0.2, -0.15) is 13.2 Å². The van der Waals surface area contributed by atoms with Crippen molar-refractivity contribution in [3.8, 4) is 5.75 Å². The predicted octanol–water partition coefficient (Wildman–Crippen LogP) is 7.53. The van der Waals surface area contributed by atoms with Gasteiger partial charge in [0.25, 0.3) is 11.7 Å². The topological polar surface area (TPSA) is 66.8 Å². The Bertz CT molecular complexity index is 1660. The number of Topliss-reactive ketones (excluding diaryl/α,β-unsaturated/α-hetero) is 1. The number of aliphatic hydroxyl groups excluding tert-OH is 1. The molecular formula is C33H26F3NO4. The SMILES string of the molecule is Cc1cc(/C(O)=C2\C(=O)C(=O)N(c3cccc(C(F)(F)F)c3)C2c2ccccc2C)ccc1OCc1ccccc1. The average molecular weight is 558 g/mol. The molecule has 1 saturated heterocycles. The first-order valence-corrected chi connectivity index (χ1v) is 12.9. The maximum absolute atomic E-state index is 13.5. The van der Waals surface area contributed by atoms with Gasteiger partial charge in [0.1, 0.15) is 18.1 Å². The molecular weight excluding hydrogens is 531 g/mol. The van der Waals surface area contributed by atoms with Crippen molar-refractivity contribution in [3.63, 3.8) is 0 Å². The number of aryl methyl sites for hydroxylation is 2. The van der Waals surface area contributed by atoms with Gasteiger partial charge in [0.05, 0.1) is 17.2 Å². The van der Waals surface area contributed by atoms with Crippen LogP contribution in [-0.4, -0.2) is 16.8 Å². The Hall–Kier alpha value is -4.85. The molecule has 1 amide bonds. The van der Waals surface area contributed by atoms with Gasteiger partial charge >= 0.3 is 6.18 Å². The molecule has 0 aliphatic carbocycles. The fraction of sp³-hybridized carbons (Fsp3) is 0.152. The van der Waals surface area contributed by atoms with Gasteiger partial charge in [0.2, 0.25) is 0 Å². The highest BCUT2D eigenvalue weighted by Crippen LogP contribution is 2.44. The van der Waals surface area contributed by atoms with E-state index in [4.69, 9.17) is 4.74 Å². The minimum Gasteiger partial charge on any atom is -0.507 e. The second-order valence-corrected chi connectivity index (χ2v) is 9.83. The molecule has 1 N–H and O–H groups in total. The number of hydrogen-bond donors (Lipinski definition) is 1. The number of carbonyl (C=O) groups is 2. The molecule has 0 saturated carbocycles. The Morgan fingerprint density at radius 1 is 0.854 bits per heavy atom. The minimum absolute atomic E-state index is 0.102. The molecule has 0 aromatic heterocycles. The van der Waals surface area contributed by atoms with Crippen LogP contribution in [-0.2, 0) is 22.4 Å². The number of carbonyl (C=O) groups excluding carboxylic acids is 2. The third-order valence-electron chi connectivity index (χ3n) is 7.06. The number of halogens is 3. The van der Waals surface area contributed by atoms with Crippen LogP contribution in [0.15, 0.2) is 103 Å². The smallest absolute Gasteiger partial charge is 0.416 e. The average Bonchev–Trinajstić information content (AvgIpc) is 3.22. The van der Waals surface area contributed by atoms with Gasteiger partial charge in [-0.3, -0.25) is 14.5 Å². The monoisotopic (exact) mass is 557 g/mol. The van der Waals surface area contributed by atoms with Gasteiger partial charge in [-0.25, -0.2) is 0 Å². The van der Waals surface area contributed by atoms with E-state index in [2.05, 4.69) is 0 Å². The first-order chi connectivity index (χ1) is 19.6. The quantitative estimate of drug-likeness (QED) is 0.151. The van der Waals surface area contributed by atoms with Gasteiger partial charge in [-0.15, -0.1) is 0 Å². The van der Waals surface area contributed by atoms with Crippen LogP contribution in [0, 0.1) is 13.8 Å². The molecule has 1 fully saturated rings. The van der Waals surface area contributed by atoms with E-state index in [9.17, 15) is 27.9 Å². The van der Waals surface area contributed by atoms with E-state index >= 15 is 0 Å². The zero-order chi connectivity index (χ0) is 29.3. The van der Waals surface area contributed by atoms with Crippen LogP contribution in [0.5, 0.6) is 5.75 Å². The summed E-state index contributed by atoms with van der Waals surface area (Å²) in [4.78, 5) is 27.8. The predicted molar refractivity (Wildman–Crippen MR) is 149 cm³/mol. The summed E-state index contributed by atoms with van der Waals surface area (Å²) in [5, 5.41) is 11.5. The fourth-order valence-electron chi connectivity index (χ4n) is 4.97. The van der Waals surface area contributed by atoms with Crippen LogP contribution in [0.2, 0.25) is 0 Å². The Morgan fingerprint density at radius 2 is 1.56 bits per heavy atom. The molecule has 8 heteroatoms. The summed E-state index contributed by atoms with van der Waals surface area (Å²) in [5.74, 6) is -1.87. The zero-order valence-electron chi connectivity index (χ0n) is 22.3. The van der Waals surface area contributed by atoms with Gasteiger partial charge in [-0.1, -0.05) is 60.7 Å². The van der Waals surface area contributed by atoms with Crippen molar-refractivity contribution >= 4 is 23.1 Å². The number of hydrogen-bond acceptors (Lipinski definition) is 4. The number of nitrogens with zero attached hydrogens (tertiary/aromatic N) is 1. The lowest BCUT2D eigenvalue weighted by Crippen LogP contribution is -2.30. The molecule has 0 bridgehead atoms. The molecule has 0 radical (unpaired) electrons. The summed E-state index contributed by atoms with van der Waals surface area (Å²) >= 11 is 0. The number of ketones is 1. The van der Waals surface area contributed by atoms with Crippen LogP contribution >= 0.6 is 0 Å². The number of benzene rings is 4. The van der Waals surface area contributed by atoms with Crippen molar-refractivity contribution < 1.29 is 32.6 Å². The Kier molecular flexibility index (Phi) is 7.41. The molecule has 4 aromatic carbocycles. The number of alkyl halides is 3. The highest BCUT2D eigenvalue weighted by molar-refractivity contribution is 6.51. The van der Waals surface area contributed by atoms with E-state index in [1.807, 2.05) is 30.3 Å². The first kappa shape index (κ1) is 27.7. The first-order valence-electron chi connectivity index (χ1n) is 12.9. The van der Waals surface area contributed by atoms with Crippen molar-refractivity contribution in [3.05, 3.63) is 136 Å². The third kappa shape index (κ3) is 5.45. The molecule has 0 spiro atoms. The summed E-state index contributed by atoms with van der Waals surface area (Å²) < 4.78 is 46.5. The van der Waals surface area contributed by atoms with E-state index in [0.29, 0.717) is 29.0 Å². The number of ether oxygens (including phenoxy) is 1. The normalized spacial score (nSPS) is 16.7. The Labute approximate surface area is 235 Å². The molecule has 1 atom stereocenters. The summed E-state index contributed by atoms with van der Waals surface area (Å²) in [6.45, 7) is 3.89. The van der Waals surface area contributed by atoms with Crippen molar-refractivity contribution in [1.82, 2.24) is 0 Å². The lowest BCUT2D eigenvalue weighted by atomic mass is 9.92. The lowest BCUT2D eigenvalue weighted by molar-refractivity contribution is -0.137. The fourth-order valence-corrected chi connectivity index (χ4v) is 4.97. The van der Waals surface area contributed by atoms with Crippen molar-refractivity contribution in [2.75, 3.05) is 4.90 Å². The standard InChI is InChI=1S/C33H26F3NO4/c1-20-9-6-7-14-26(20)29-28(31(39)32(40)37(29)25-13-8-12-24(18-25)33(34,35)36)30(38)23-15-16-27(21(2)17-23)41-19-22-10-4-3-5-11-22/h3-18,29,38H,19H2,1-2H3/b30-28+. The van der Waals surface area contributed by atoms with Crippen molar-refractivity contribution in [2.45, 2.75) is 32.7 Å². The van der Waals surface area contributed by atoms with Gasteiger partial charge in [0.15, 0.2) is 0 Å². The maximum atomic E-state index is 13.5. The molecule has 1 aliphatic rings. The van der Waals surface area contributed by atoms with E-state index in [1.165, 1.54) is 12.1 Å².